The van der Waals surface area contributed by atoms with Crippen LogP contribution in [0.2, 0.25) is 0 Å². The zero-order valence-corrected chi connectivity index (χ0v) is 17.6. The third-order valence-corrected chi connectivity index (χ3v) is 4.92. The summed E-state index contributed by atoms with van der Waals surface area (Å²) in [5.74, 6) is -0.517. The van der Waals surface area contributed by atoms with Crippen LogP contribution < -0.4 is 10.2 Å². The van der Waals surface area contributed by atoms with E-state index in [4.69, 9.17) is 0 Å². The van der Waals surface area contributed by atoms with Crippen molar-refractivity contribution >= 4 is 29.0 Å². The lowest BCUT2D eigenvalue weighted by Crippen LogP contribution is -2.26. The largest absolute Gasteiger partial charge is 0.351 e. The molecule has 3 aromatic carbocycles. The van der Waals surface area contributed by atoms with Gasteiger partial charge in [-0.25, -0.2) is 0 Å². The quantitative estimate of drug-likeness (QED) is 0.245. The Hall–Kier alpha value is -4.44. The van der Waals surface area contributed by atoms with E-state index in [1.807, 2.05) is 66.7 Å². The molecule has 7 nitrogen and oxygen atoms in total. The minimum atomic E-state index is -0.517. The summed E-state index contributed by atoms with van der Waals surface area (Å²) in [7, 11) is 1.74. The van der Waals surface area contributed by atoms with Crippen molar-refractivity contribution in [2.45, 2.75) is 6.42 Å². The van der Waals surface area contributed by atoms with E-state index in [0.717, 1.165) is 11.3 Å². The molecule has 0 unspecified atom stereocenters. The van der Waals surface area contributed by atoms with Gasteiger partial charge in [-0.2, -0.15) is 5.26 Å². The van der Waals surface area contributed by atoms with E-state index in [1.54, 1.807) is 24.1 Å². The Labute approximate surface area is 186 Å². The van der Waals surface area contributed by atoms with Crippen molar-refractivity contribution in [1.29, 1.82) is 5.26 Å². The Morgan fingerprint density at radius 1 is 1.09 bits per heavy atom. The maximum atomic E-state index is 12.4. The second-order valence-electron chi connectivity index (χ2n) is 7.06. The summed E-state index contributed by atoms with van der Waals surface area (Å²) in [5, 5.41) is 23.8. The first-order valence-corrected chi connectivity index (χ1v) is 10.0. The summed E-state index contributed by atoms with van der Waals surface area (Å²) in [5.41, 5.74) is 2.45. The molecular weight excluding hydrogens is 404 g/mol. The maximum Gasteiger partial charge on any atom is 0.293 e. The van der Waals surface area contributed by atoms with Gasteiger partial charge in [0.2, 0.25) is 0 Å². The van der Waals surface area contributed by atoms with E-state index in [2.05, 4.69) is 5.32 Å². The number of amides is 1. The van der Waals surface area contributed by atoms with Gasteiger partial charge < -0.3 is 10.2 Å². The molecule has 1 N–H and O–H groups in total. The fraction of sp³-hybridized carbons (Fsp3) is 0.120. The number of anilines is 2. The first-order chi connectivity index (χ1) is 15.5. The Balaban J connectivity index is 1.78. The van der Waals surface area contributed by atoms with E-state index >= 15 is 0 Å². The van der Waals surface area contributed by atoms with Gasteiger partial charge in [0.15, 0.2) is 0 Å². The number of nitrogens with one attached hydrogen (secondary N) is 1. The molecule has 160 valence electrons. The minimum Gasteiger partial charge on any atom is -0.351 e. The summed E-state index contributed by atoms with van der Waals surface area (Å²) < 4.78 is 0. The molecule has 0 spiro atoms. The van der Waals surface area contributed by atoms with E-state index < -0.39 is 10.8 Å². The van der Waals surface area contributed by atoms with E-state index in [0.29, 0.717) is 24.2 Å². The predicted octanol–water partition coefficient (Wildman–Crippen LogP) is 4.63. The number of benzene rings is 3. The van der Waals surface area contributed by atoms with Gasteiger partial charge in [0.1, 0.15) is 17.3 Å². The number of hydrogen-bond acceptors (Lipinski definition) is 5. The van der Waals surface area contributed by atoms with Crippen LogP contribution in [0.15, 0.2) is 84.4 Å². The normalized spacial score (nSPS) is 10.8. The lowest BCUT2D eigenvalue weighted by atomic mass is 10.1. The SMILES string of the molecule is CN(c1ccccc1)c1ccc(/C=C(\C#N)C(=O)NCCc2ccccc2)cc1[N+](=O)[O-]. The topological polar surface area (TPSA) is 99.3 Å². The number of nitriles is 1. The van der Waals surface area contributed by atoms with Crippen molar-refractivity contribution in [2.75, 3.05) is 18.5 Å². The molecule has 0 atom stereocenters. The molecule has 0 saturated heterocycles. The summed E-state index contributed by atoms with van der Waals surface area (Å²) >= 11 is 0. The van der Waals surface area contributed by atoms with Crippen LogP contribution in [0, 0.1) is 21.4 Å². The van der Waals surface area contributed by atoms with Crippen molar-refractivity contribution in [2.24, 2.45) is 0 Å². The molecule has 1 amide bonds. The minimum absolute atomic E-state index is 0.114. The standard InChI is InChI=1S/C25H22N4O3/c1-28(22-10-6-3-7-11-22)23-13-12-20(17-24(23)29(31)32)16-21(18-26)25(30)27-15-14-19-8-4-2-5-9-19/h2-13,16-17H,14-15H2,1H3,(H,27,30)/b21-16+. The zero-order chi connectivity index (χ0) is 22.9. The smallest absolute Gasteiger partial charge is 0.293 e. The van der Waals surface area contributed by atoms with Crippen LogP contribution in [0.25, 0.3) is 6.08 Å². The first-order valence-electron chi connectivity index (χ1n) is 10.0. The highest BCUT2D eigenvalue weighted by atomic mass is 16.6. The monoisotopic (exact) mass is 426 g/mol. The van der Waals surface area contributed by atoms with Crippen LogP contribution in [-0.2, 0) is 11.2 Å². The lowest BCUT2D eigenvalue weighted by molar-refractivity contribution is -0.384. The Bertz CT molecular complexity index is 1170. The van der Waals surface area contributed by atoms with Gasteiger partial charge in [0.25, 0.3) is 11.6 Å². The summed E-state index contributed by atoms with van der Waals surface area (Å²) in [4.78, 5) is 25.3. The van der Waals surface area contributed by atoms with Crippen LogP contribution in [-0.4, -0.2) is 24.4 Å². The fourth-order valence-corrected chi connectivity index (χ4v) is 3.23. The van der Waals surface area contributed by atoms with Crippen molar-refractivity contribution < 1.29 is 9.72 Å². The number of carbonyl (C=O) groups excluding carboxylic acids is 1. The Morgan fingerprint density at radius 3 is 2.38 bits per heavy atom. The van der Waals surface area contributed by atoms with Gasteiger partial charge in [-0.3, -0.25) is 14.9 Å². The summed E-state index contributed by atoms with van der Waals surface area (Å²) in [6.07, 6.45) is 1.99. The van der Waals surface area contributed by atoms with Gasteiger partial charge in [-0.15, -0.1) is 0 Å². The van der Waals surface area contributed by atoms with Gasteiger partial charge >= 0.3 is 0 Å². The molecule has 0 heterocycles. The number of hydrogen-bond donors (Lipinski definition) is 1. The molecule has 32 heavy (non-hydrogen) atoms. The molecular formula is C25H22N4O3. The zero-order valence-electron chi connectivity index (χ0n) is 17.6. The highest BCUT2D eigenvalue weighted by Gasteiger charge is 2.19. The van der Waals surface area contributed by atoms with Gasteiger partial charge in [0, 0.05) is 25.3 Å². The number of nitrogens with zero attached hydrogens (tertiary/aromatic N) is 3. The molecule has 0 aromatic heterocycles. The van der Waals surface area contributed by atoms with Crippen molar-refractivity contribution in [3.8, 4) is 6.07 Å². The molecule has 7 heteroatoms. The van der Waals surface area contributed by atoms with Gasteiger partial charge in [-0.05, 0) is 41.8 Å². The highest BCUT2D eigenvalue weighted by Crippen LogP contribution is 2.33. The third kappa shape index (κ3) is 5.58. The van der Waals surface area contributed by atoms with Crippen LogP contribution in [0.4, 0.5) is 17.1 Å². The average Bonchev–Trinajstić information content (AvgIpc) is 2.83. The molecule has 0 aliphatic rings. The summed E-state index contributed by atoms with van der Waals surface area (Å²) in [6.45, 7) is 0.378. The van der Waals surface area contributed by atoms with E-state index in [-0.39, 0.29) is 11.3 Å². The molecule has 0 radical (unpaired) electrons. The number of nitro groups is 1. The number of carbonyl (C=O) groups is 1. The second-order valence-corrected chi connectivity index (χ2v) is 7.06. The van der Waals surface area contributed by atoms with Crippen LogP contribution >= 0.6 is 0 Å². The third-order valence-electron chi connectivity index (χ3n) is 4.92. The Kier molecular flexibility index (Phi) is 7.33. The fourth-order valence-electron chi connectivity index (χ4n) is 3.23. The average molecular weight is 426 g/mol. The van der Waals surface area contributed by atoms with Crippen LogP contribution in [0.3, 0.4) is 0 Å². The number of rotatable bonds is 8. The second kappa shape index (κ2) is 10.5. The first kappa shape index (κ1) is 22.2. The Morgan fingerprint density at radius 2 is 1.75 bits per heavy atom. The molecule has 3 aromatic rings. The lowest BCUT2D eigenvalue weighted by Gasteiger charge is -2.19. The van der Waals surface area contributed by atoms with Crippen molar-refractivity contribution in [3.63, 3.8) is 0 Å². The van der Waals surface area contributed by atoms with Crippen LogP contribution in [0.5, 0.6) is 0 Å². The van der Waals surface area contributed by atoms with Crippen LogP contribution in [0.1, 0.15) is 11.1 Å². The highest BCUT2D eigenvalue weighted by molar-refractivity contribution is 6.01. The number of para-hydroxylation sites is 1. The summed E-state index contributed by atoms with van der Waals surface area (Å²) in [6, 6.07) is 25.5. The van der Waals surface area contributed by atoms with Crippen molar-refractivity contribution in [3.05, 3.63) is 106 Å². The van der Waals surface area contributed by atoms with E-state index in [1.165, 1.54) is 12.1 Å². The molecule has 0 fully saturated rings. The molecule has 0 bridgehead atoms. The molecule has 0 aliphatic carbocycles. The molecule has 3 rings (SSSR count). The molecule has 0 saturated carbocycles. The van der Waals surface area contributed by atoms with Gasteiger partial charge in [0.05, 0.1) is 4.92 Å². The predicted molar refractivity (Wildman–Crippen MR) is 124 cm³/mol. The van der Waals surface area contributed by atoms with E-state index in [9.17, 15) is 20.2 Å². The molecule has 0 aliphatic heterocycles. The van der Waals surface area contributed by atoms with Gasteiger partial charge in [-0.1, -0.05) is 54.6 Å². The maximum absolute atomic E-state index is 12.4. The van der Waals surface area contributed by atoms with Crippen molar-refractivity contribution in [1.82, 2.24) is 5.32 Å². The number of nitro benzene ring substituents is 1.